The molecule has 0 aliphatic heterocycles. The van der Waals surface area contributed by atoms with Gasteiger partial charge in [0.2, 0.25) is 0 Å². The molecule has 0 spiro atoms. The van der Waals surface area contributed by atoms with Gasteiger partial charge in [0.15, 0.2) is 0 Å². The van der Waals surface area contributed by atoms with Crippen molar-refractivity contribution in [1.29, 1.82) is 0 Å². The molecule has 3 nitrogen and oxygen atoms in total. The van der Waals surface area contributed by atoms with Crippen molar-refractivity contribution in [3.8, 4) is 0 Å². The minimum absolute atomic E-state index is 0.180. The summed E-state index contributed by atoms with van der Waals surface area (Å²) in [6, 6.07) is 3.04. The Morgan fingerprint density at radius 3 is 2.39 bits per heavy atom. The van der Waals surface area contributed by atoms with Crippen molar-refractivity contribution in [2.24, 2.45) is 7.05 Å². The molecule has 0 saturated heterocycles. The Kier molecular flexibility index (Phi) is 3.17. The highest BCUT2D eigenvalue weighted by atomic mass is 19.1. The maximum absolute atomic E-state index is 13.1. The summed E-state index contributed by atoms with van der Waals surface area (Å²) in [6.07, 6.45) is 3.54. The van der Waals surface area contributed by atoms with Crippen molar-refractivity contribution >= 4 is 0 Å². The van der Waals surface area contributed by atoms with E-state index >= 15 is 0 Å². The summed E-state index contributed by atoms with van der Waals surface area (Å²) in [5, 5.41) is 10.3. The lowest BCUT2D eigenvalue weighted by Crippen LogP contribution is -2.26. The molecular weight excluding hydrogens is 238 g/mol. The van der Waals surface area contributed by atoms with Crippen LogP contribution in [0, 0.1) is 11.6 Å². The summed E-state index contributed by atoms with van der Waals surface area (Å²) in [5.74, 6) is -0.764. The number of rotatable bonds is 3. The molecule has 2 aromatic rings. The molecule has 0 bridgehead atoms. The van der Waals surface area contributed by atoms with Crippen molar-refractivity contribution < 1.29 is 13.9 Å². The highest BCUT2D eigenvalue weighted by Crippen LogP contribution is 2.26. The summed E-state index contributed by atoms with van der Waals surface area (Å²) in [6.45, 7) is 1.51. The van der Waals surface area contributed by atoms with Crippen molar-refractivity contribution in [3.63, 3.8) is 0 Å². The molecule has 5 heteroatoms. The smallest absolute Gasteiger partial charge is 0.126 e. The second-order valence-electron chi connectivity index (χ2n) is 4.56. The molecule has 0 aliphatic rings. The number of aromatic nitrogens is 2. The van der Waals surface area contributed by atoms with Crippen LogP contribution >= 0.6 is 0 Å². The van der Waals surface area contributed by atoms with Gasteiger partial charge >= 0.3 is 0 Å². The Morgan fingerprint density at radius 2 is 1.89 bits per heavy atom. The zero-order valence-corrected chi connectivity index (χ0v) is 10.2. The number of hydrogen-bond donors (Lipinski definition) is 1. The first kappa shape index (κ1) is 12.7. The lowest BCUT2D eigenvalue weighted by Gasteiger charge is -2.23. The highest BCUT2D eigenvalue weighted by Gasteiger charge is 2.26. The van der Waals surface area contributed by atoms with Gasteiger partial charge < -0.3 is 9.67 Å². The minimum atomic E-state index is -1.37. The predicted molar refractivity (Wildman–Crippen MR) is 62.8 cm³/mol. The molecule has 0 saturated carbocycles. The summed E-state index contributed by atoms with van der Waals surface area (Å²) in [7, 11) is 1.80. The number of aryl methyl sites for hydroxylation is 1. The third kappa shape index (κ3) is 2.56. The fourth-order valence-electron chi connectivity index (χ4n) is 1.84. The van der Waals surface area contributed by atoms with Crippen LogP contribution in [0.5, 0.6) is 0 Å². The average molecular weight is 252 g/mol. The Balaban J connectivity index is 2.33. The quantitative estimate of drug-likeness (QED) is 0.909. The van der Waals surface area contributed by atoms with Crippen LogP contribution in [0.1, 0.15) is 18.3 Å². The first-order chi connectivity index (χ1) is 8.38. The monoisotopic (exact) mass is 252 g/mol. The van der Waals surface area contributed by atoms with Crippen LogP contribution in [-0.4, -0.2) is 14.7 Å². The van der Waals surface area contributed by atoms with Crippen molar-refractivity contribution in [3.05, 3.63) is 53.6 Å². The van der Waals surface area contributed by atoms with Gasteiger partial charge in [0.05, 0.1) is 5.60 Å². The Bertz CT molecular complexity index is 544. The third-order valence-corrected chi connectivity index (χ3v) is 2.91. The van der Waals surface area contributed by atoms with E-state index in [1.807, 2.05) is 0 Å². The van der Waals surface area contributed by atoms with Crippen LogP contribution in [0.2, 0.25) is 0 Å². The van der Waals surface area contributed by atoms with Crippen LogP contribution in [-0.2, 0) is 19.1 Å². The Hall–Kier alpha value is -1.75. The predicted octanol–water partition coefficient (Wildman–Crippen LogP) is 2.15. The number of hydrogen-bond acceptors (Lipinski definition) is 2. The summed E-state index contributed by atoms with van der Waals surface area (Å²) in [4.78, 5) is 4.09. The third-order valence-electron chi connectivity index (χ3n) is 2.91. The van der Waals surface area contributed by atoms with E-state index in [1.165, 1.54) is 6.92 Å². The second kappa shape index (κ2) is 4.49. The molecule has 0 fully saturated rings. The number of aliphatic hydroxyl groups is 1. The first-order valence-electron chi connectivity index (χ1n) is 5.53. The SMILES string of the molecule is Cn1ccnc1CC(C)(O)c1cc(F)cc(F)c1. The van der Waals surface area contributed by atoms with E-state index in [-0.39, 0.29) is 12.0 Å². The van der Waals surface area contributed by atoms with Crippen LogP contribution < -0.4 is 0 Å². The molecule has 0 radical (unpaired) electrons. The molecule has 1 aromatic heterocycles. The van der Waals surface area contributed by atoms with E-state index in [2.05, 4.69) is 4.98 Å². The average Bonchev–Trinajstić information content (AvgIpc) is 2.62. The van der Waals surface area contributed by atoms with E-state index in [9.17, 15) is 13.9 Å². The van der Waals surface area contributed by atoms with Crippen LogP contribution in [0.25, 0.3) is 0 Å². The molecule has 2 rings (SSSR count). The molecule has 1 aromatic carbocycles. The van der Waals surface area contributed by atoms with Crippen molar-refractivity contribution in [2.75, 3.05) is 0 Å². The molecule has 0 amide bonds. The number of imidazole rings is 1. The van der Waals surface area contributed by atoms with Crippen LogP contribution in [0.3, 0.4) is 0 Å². The standard InChI is InChI=1S/C13H14F2N2O/c1-13(18,8-12-16-3-4-17(12)2)9-5-10(14)7-11(15)6-9/h3-7,18H,8H2,1-2H3. The number of nitrogens with zero attached hydrogens (tertiary/aromatic N) is 2. The van der Waals surface area contributed by atoms with Gasteiger partial charge in [0.1, 0.15) is 17.5 Å². The fraction of sp³-hybridized carbons (Fsp3) is 0.308. The van der Waals surface area contributed by atoms with Gasteiger partial charge in [-0.3, -0.25) is 0 Å². The highest BCUT2D eigenvalue weighted by molar-refractivity contribution is 5.24. The zero-order valence-electron chi connectivity index (χ0n) is 10.2. The topological polar surface area (TPSA) is 38.0 Å². The van der Waals surface area contributed by atoms with Crippen LogP contribution in [0.15, 0.2) is 30.6 Å². The lowest BCUT2D eigenvalue weighted by atomic mass is 9.92. The summed E-state index contributed by atoms with van der Waals surface area (Å²) >= 11 is 0. The summed E-state index contributed by atoms with van der Waals surface area (Å²) < 4.78 is 28.0. The summed E-state index contributed by atoms with van der Waals surface area (Å²) in [5.41, 5.74) is -1.18. The molecular formula is C13H14F2N2O. The maximum Gasteiger partial charge on any atom is 0.126 e. The van der Waals surface area contributed by atoms with E-state index in [0.717, 1.165) is 18.2 Å². The van der Waals surface area contributed by atoms with E-state index in [0.29, 0.717) is 5.82 Å². The molecule has 1 atom stereocenters. The van der Waals surface area contributed by atoms with Gasteiger partial charge in [-0.2, -0.15) is 0 Å². The van der Waals surface area contributed by atoms with Gasteiger partial charge in [-0.1, -0.05) is 0 Å². The van der Waals surface area contributed by atoms with E-state index in [4.69, 9.17) is 0 Å². The zero-order chi connectivity index (χ0) is 13.3. The van der Waals surface area contributed by atoms with Gasteiger partial charge in [-0.15, -0.1) is 0 Å². The minimum Gasteiger partial charge on any atom is -0.385 e. The number of benzene rings is 1. The molecule has 1 N–H and O–H groups in total. The lowest BCUT2D eigenvalue weighted by molar-refractivity contribution is 0.0541. The van der Waals surface area contributed by atoms with Gasteiger partial charge in [0.25, 0.3) is 0 Å². The van der Waals surface area contributed by atoms with E-state index in [1.54, 1.807) is 24.0 Å². The molecule has 18 heavy (non-hydrogen) atoms. The Morgan fingerprint density at radius 1 is 1.28 bits per heavy atom. The fourth-order valence-corrected chi connectivity index (χ4v) is 1.84. The first-order valence-corrected chi connectivity index (χ1v) is 5.53. The molecule has 1 heterocycles. The largest absolute Gasteiger partial charge is 0.385 e. The normalized spacial score (nSPS) is 14.5. The maximum atomic E-state index is 13.1. The molecule has 96 valence electrons. The van der Waals surface area contributed by atoms with Gasteiger partial charge in [-0.25, -0.2) is 13.8 Å². The van der Waals surface area contributed by atoms with Crippen molar-refractivity contribution in [2.45, 2.75) is 18.9 Å². The molecule has 0 aliphatic carbocycles. The number of halogens is 2. The second-order valence-corrected chi connectivity index (χ2v) is 4.56. The molecule has 1 unspecified atom stereocenters. The van der Waals surface area contributed by atoms with Gasteiger partial charge in [-0.05, 0) is 24.6 Å². The van der Waals surface area contributed by atoms with Crippen LogP contribution in [0.4, 0.5) is 8.78 Å². The Labute approximate surface area is 104 Å². The van der Waals surface area contributed by atoms with E-state index < -0.39 is 17.2 Å². The van der Waals surface area contributed by atoms with Crippen molar-refractivity contribution in [1.82, 2.24) is 9.55 Å². The van der Waals surface area contributed by atoms with Gasteiger partial charge in [0, 0.05) is 31.9 Å².